The molecule has 6 nitrogen and oxygen atoms in total. The van der Waals surface area contributed by atoms with Crippen LogP contribution in [0, 0.1) is 0 Å². The Hall–Kier alpha value is -2.12. The minimum Gasteiger partial charge on any atom is -0.463 e. The lowest BCUT2D eigenvalue weighted by atomic mass is 10.0. The van der Waals surface area contributed by atoms with Gasteiger partial charge in [0, 0.05) is 11.6 Å². The minimum absolute atomic E-state index is 0.0407. The fourth-order valence-electron chi connectivity index (χ4n) is 2.97. The van der Waals surface area contributed by atoms with Crippen LogP contribution in [0.4, 0.5) is 0 Å². The molecular formula is C17H21N2O4S+. The smallest absolute Gasteiger partial charge is 0.275 e. The van der Waals surface area contributed by atoms with E-state index in [2.05, 4.69) is 5.32 Å². The Morgan fingerprint density at radius 3 is 2.67 bits per heavy atom. The zero-order valence-corrected chi connectivity index (χ0v) is 14.0. The van der Waals surface area contributed by atoms with Crippen LogP contribution in [0.15, 0.2) is 53.1 Å². The van der Waals surface area contributed by atoms with Gasteiger partial charge in [0.2, 0.25) is 0 Å². The van der Waals surface area contributed by atoms with E-state index in [9.17, 15) is 13.2 Å². The first-order chi connectivity index (χ1) is 11.5. The minimum atomic E-state index is -2.99. The lowest BCUT2D eigenvalue weighted by molar-refractivity contribution is -0.678. The molecule has 1 aromatic heterocycles. The van der Waals surface area contributed by atoms with E-state index in [4.69, 9.17) is 4.42 Å². The summed E-state index contributed by atoms with van der Waals surface area (Å²) in [6.45, 7) is 0.205. The first-order valence-electron chi connectivity index (χ1n) is 7.95. The maximum atomic E-state index is 12.1. The van der Waals surface area contributed by atoms with Gasteiger partial charge in [0.15, 0.2) is 28.2 Å². The molecule has 24 heavy (non-hydrogen) atoms. The van der Waals surface area contributed by atoms with Crippen molar-refractivity contribution < 1.29 is 22.9 Å². The summed E-state index contributed by atoms with van der Waals surface area (Å²) < 4.78 is 28.4. The molecule has 2 heterocycles. The number of rotatable bonds is 6. The average molecular weight is 349 g/mol. The van der Waals surface area contributed by atoms with Gasteiger partial charge in [-0.15, -0.1) is 0 Å². The molecule has 1 amide bonds. The Bertz CT molecular complexity index is 772. The molecule has 1 aromatic carbocycles. The van der Waals surface area contributed by atoms with E-state index in [1.54, 1.807) is 6.26 Å². The van der Waals surface area contributed by atoms with E-state index < -0.39 is 9.84 Å². The van der Waals surface area contributed by atoms with Crippen molar-refractivity contribution in [2.45, 2.75) is 18.5 Å². The van der Waals surface area contributed by atoms with Crippen LogP contribution in [-0.2, 0) is 14.6 Å². The maximum absolute atomic E-state index is 12.1. The molecule has 0 aliphatic carbocycles. The van der Waals surface area contributed by atoms with Crippen molar-refractivity contribution >= 4 is 15.7 Å². The molecule has 1 aliphatic heterocycles. The summed E-state index contributed by atoms with van der Waals surface area (Å²) in [5.74, 6) is 0.807. The van der Waals surface area contributed by atoms with Crippen molar-refractivity contribution in [1.29, 1.82) is 0 Å². The van der Waals surface area contributed by atoms with Crippen molar-refractivity contribution in [3.8, 4) is 0 Å². The van der Waals surface area contributed by atoms with Gasteiger partial charge in [0.1, 0.15) is 0 Å². The van der Waals surface area contributed by atoms with Gasteiger partial charge in [-0.3, -0.25) is 4.79 Å². The summed E-state index contributed by atoms with van der Waals surface area (Å²) in [4.78, 5) is 12.1. The van der Waals surface area contributed by atoms with E-state index >= 15 is 0 Å². The number of benzene rings is 1. The predicted octanol–water partition coefficient (Wildman–Crippen LogP) is 0.236. The summed E-state index contributed by atoms with van der Waals surface area (Å²) >= 11 is 0. The highest BCUT2D eigenvalue weighted by Crippen LogP contribution is 2.18. The summed E-state index contributed by atoms with van der Waals surface area (Å²) in [5.41, 5.74) is 1.05. The van der Waals surface area contributed by atoms with Crippen molar-refractivity contribution in [3.63, 3.8) is 0 Å². The number of hydrogen-bond acceptors (Lipinski definition) is 4. The number of hydrogen-bond donors (Lipinski definition) is 2. The van der Waals surface area contributed by atoms with Gasteiger partial charge in [0.05, 0.1) is 17.8 Å². The molecule has 3 rings (SSSR count). The van der Waals surface area contributed by atoms with Crippen LogP contribution >= 0.6 is 0 Å². The number of nitrogens with two attached hydrogens (primary N) is 1. The molecule has 0 spiro atoms. The highest BCUT2D eigenvalue weighted by molar-refractivity contribution is 7.91. The van der Waals surface area contributed by atoms with Gasteiger partial charge >= 0.3 is 0 Å². The molecular weight excluding hydrogens is 328 g/mol. The average Bonchev–Trinajstić information content (AvgIpc) is 3.18. The Labute approximate surface area is 141 Å². The Balaban J connectivity index is 1.61. The molecule has 1 aliphatic rings. The number of quaternary nitrogens is 1. The monoisotopic (exact) mass is 349 g/mol. The van der Waals surface area contributed by atoms with E-state index in [1.807, 2.05) is 47.8 Å². The van der Waals surface area contributed by atoms with E-state index in [0.29, 0.717) is 6.42 Å². The topological polar surface area (TPSA) is 93.0 Å². The van der Waals surface area contributed by atoms with Crippen LogP contribution in [0.5, 0.6) is 0 Å². The Morgan fingerprint density at radius 1 is 1.25 bits per heavy atom. The third-order valence-corrected chi connectivity index (χ3v) is 5.91. The maximum Gasteiger partial charge on any atom is 0.275 e. The number of amides is 1. The SMILES string of the molecule is O=C(C[NH2+][C@@H](c1ccccc1)c1ccco1)N[C@@H]1CCS(=O)(=O)C1. The molecule has 0 radical (unpaired) electrons. The lowest BCUT2D eigenvalue weighted by Gasteiger charge is -2.15. The van der Waals surface area contributed by atoms with Crippen molar-refractivity contribution in [3.05, 3.63) is 60.1 Å². The van der Waals surface area contributed by atoms with Crippen molar-refractivity contribution in [1.82, 2.24) is 5.32 Å². The first kappa shape index (κ1) is 16.7. The quantitative estimate of drug-likeness (QED) is 0.781. The second-order valence-corrected chi connectivity index (χ2v) is 8.24. The number of nitrogens with one attached hydrogen (secondary N) is 1. The van der Waals surface area contributed by atoms with E-state index in [0.717, 1.165) is 11.3 Å². The molecule has 128 valence electrons. The summed E-state index contributed by atoms with van der Waals surface area (Å²) in [5, 5.41) is 4.70. The van der Waals surface area contributed by atoms with Crippen LogP contribution in [0.1, 0.15) is 23.8 Å². The highest BCUT2D eigenvalue weighted by atomic mass is 32.2. The molecule has 1 fully saturated rings. The summed E-state index contributed by atoms with van der Waals surface area (Å²) in [7, 11) is -2.99. The number of carbonyl (C=O) groups excluding carboxylic acids is 1. The molecule has 7 heteroatoms. The predicted molar refractivity (Wildman–Crippen MR) is 89.0 cm³/mol. The molecule has 0 unspecified atom stereocenters. The standard InChI is InChI=1S/C17H20N2O4S/c20-16(19-14-8-10-24(21,22)12-14)11-18-17(15-7-4-9-23-15)13-5-2-1-3-6-13/h1-7,9,14,17-18H,8,10-12H2,(H,19,20)/p+1/t14-,17+/m1/s1. The first-order valence-corrected chi connectivity index (χ1v) is 9.77. The third-order valence-electron chi connectivity index (χ3n) is 4.14. The summed E-state index contributed by atoms with van der Waals surface area (Å²) in [6.07, 6.45) is 2.11. The second-order valence-electron chi connectivity index (χ2n) is 6.01. The molecule has 0 saturated carbocycles. The van der Waals surface area contributed by atoms with Gasteiger partial charge in [-0.2, -0.15) is 0 Å². The molecule has 2 aromatic rings. The van der Waals surface area contributed by atoms with Gasteiger partial charge in [-0.25, -0.2) is 8.42 Å². The van der Waals surface area contributed by atoms with Crippen molar-refractivity contribution in [2.24, 2.45) is 0 Å². The number of furan rings is 1. The zero-order valence-electron chi connectivity index (χ0n) is 13.2. The van der Waals surface area contributed by atoms with E-state index in [-0.39, 0.29) is 36.0 Å². The third kappa shape index (κ3) is 4.24. The largest absolute Gasteiger partial charge is 0.463 e. The van der Waals surface area contributed by atoms with Crippen molar-refractivity contribution in [2.75, 3.05) is 18.1 Å². The molecule has 2 atom stereocenters. The number of sulfone groups is 1. The zero-order chi connectivity index (χ0) is 17.0. The normalized spacial score (nSPS) is 20.6. The van der Waals surface area contributed by atoms with Crippen LogP contribution in [-0.4, -0.2) is 38.4 Å². The highest BCUT2D eigenvalue weighted by Gasteiger charge is 2.29. The van der Waals surface area contributed by atoms with Crippen LogP contribution in [0.2, 0.25) is 0 Å². The van der Waals surface area contributed by atoms with Gasteiger partial charge in [-0.1, -0.05) is 30.3 Å². The van der Waals surface area contributed by atoms with Crippen LogP contribution in [0.3, 0.4) is 0 Å². The van der Waals surface area contributed by atoms with E-state index in [1.165, 1.54) is 0 Å². The molecule has 3 N–H and O–H groups in total. The van der Waals surface area contributed by atoms with Crippen LogP contribution < -0.4 is 10.6 Å². The van der Waals surface area contributed by atoms with Crippen LogP contribution in [0.25, 0.3) is 0 Å². The van der Waals surface area contributed by atoms with Gasteiger partial charge in [0.25, 0.3) is 5.91 Å². The fourth-order valence-corrected chi connectivity index (χ4v) is 4.64. The fraction of sp³-hybridized carbons (Fsp3) is 0.353. The Morgan fingerprint density at radius 2 is 2.04 bits per heavy atom. The Kier molecular flexibility index (Phi) is 5.01. The molecule has 1 saturated heterocycles. The molecule has 0 bridgehead atoms. The van der Waals surface area contributed by atoms with Gasteiger partial charge in [-0.05, 0) is 18.6 Å². The number of carbonyl (C=O) groups is 1. The lowest BCUT2D eigenvalue weighted by Crippen LogP contribution is -2.87. The summed E-state index contributed by atoms with van der Waals surface area (Å²) in [6, 6.07) is 13.1. The van der Waals surface area contributed by atoms with Gasteiger partial charge < -0.3 is 15.1 Å². The second kappa shape index (κ2) is 7.19.